The first-order valence-electron chi connectivity index (χ1n) is 8.07. The molecule has 0 aliphatic heterocycles. The van der Waals surface area contributed by atoms with Crippen LogP contribution in [0.1, 0.15) is 53.4 Å². The molecule has 0 bridgehead atoms. The highest BCUT2D eigenvalue weighted by Crippen LogP contribution is 2.25. The Kier molecular flexibility index (Phi) is 7.63. The van der Waals surface area contributed by atoms with E-state index in [1.165, 1.54) is 12.8 Å². The van der Waals surface area contributed by atoms with E-state index < -0.39 is 6.10 Å². The van der Waals surface area contributed by atoms with Crippen LogP contribution in [-0.4, -0.2) is 48.5 Å². The van der Waals surface area contributed by atoms with Crippen molar-refractivity contribution in [3.63, 3.8) is 0 Å². The smallest absolute Gasteiger partial charge is 0.234 e. The van der Waals surface area contributed by atoms with Gasteiger partial charge in [0.05, 0.1) is 25.4 Å². The first-order valence-corrected chi connectivity index (χ1v) is 8.07. The Balaban J connectivity index is 2.06. The minimum atomic E-state index is -0.563. The molecule has 21 heavy (non-hydrogen) atoms. The molecule has 0 radical (unpaired) electrons. The Hall–Kier alpha value is -0.650. The molecule has 1 atom stereocenters. The fourth-order valence-electron chi connectivity index (χ4n) is 2.52. The van der Waals surface area contributed by atoms with Gasteiger partial charge in [-0.2, -0.15) is 0 Å². The van der Waals surface area contributed by atoms with Crippen LogP contribution >= 0.6 is 0 Å². The number of hydrogen-bond acceptors (Lipinski definition) is 4. The second kappa shape index (κ2) is 8.71. The van der Waals surface area contributed by atoms with Gasteiger partial charge >= 0.3 is 0 Å². The second-order valence-electron chi connectivity index (χ2n) is 7.30. The van der Waals surface area contributed by atoms with E-state index >= 15 is 0 Å². The topological polar surface area (TPSA) is 70.6 Å². The summed E-state index contributed by atoms with van der Waals surface area (Å²) in [7, 11) is 0. The van der Waals surface area contributed by atoms with Gasteiger partial charge in [-0.3, -0.25) is 4.79 Å². The van der Waals surface area contributed by atoms with E-state index in [0.29, 0.717) is 19.3 Å². The fourth-order valence-corrected chi connectivity index (χ4v) is 2.52. The van der Waals surface area contributed by atoms with Gasteiger partial charge in [0.25, 0.3) is 0 Å². The molecule has 124 valence electrons. The summed E-state index contributed by atoms with van der Waals surface area (Å²) in [6.07, 6.45) is 4.34. The van der Waals surface area contributed by atoms with Gasteiger partial charge in [-0.05, 0) is 52.4 Å². The molecule has 5 nitrogen and oxygen atoms in total. The van der Waals surface area contributed by atoms with Crippen LogP contribution in [-0.2, 0) is 9.53 Å². The molecule has 1 fully saturated rings. The van der Waals surface area contributed by atoms with Gasteiger partial charge in [-0.1, -0.05) is 6.92 Å². The van der Waals surface area contributed by atoms with Crippen molar-refractivity contribution in [2.75, 3.05) is 19.7 Å². The molecule has 1 aliphatic carbocycles. The highest BCUT2D eigenvalue weighted by Gasteiger charge is 2.19. The first kappa shape index (κ1) is 18.4. The minimum absolute atomic E-state index is 0.0584. The van der Waals surface area contributed by atoms with Gasteiger partial charge in [-0.25, -0.2) is 0 Å². The number of aliphatic hydroxyl groups excluding tert-OH is 1. The van der Waals surface area contributed by atoms with Crippen molar-refractivity contribution in [2.45, 2.75) is 71.1 Å². The van der Waals surface area contributed by atoms with Gasteiger partial charge < -0.3 is 20.5 Å². The molecule has 0 aromatic carbocycles. The molecule has 1 rings (SSSR count). The molecule has 0 aromatic heterocycles. The number of carbonyl (C=O) groups excluding carboxylic acids is 1. The van der Waals surface area contributed by atoms with Gasteiger partial charge in [0, 0.05) is 12.1 Å². The molecule has 1 unspecified atom stereocenters. The zero-order valence-electron chi connectivity index (χ0n) is 13.9. The van der Waals surface area contributed by atoms with E-state index in [2.05, 4.69) is 17.6 Å². The van der Waals surface area contributed by atoms with Crippen LogP contribution in [0.25, 0.3) is 0 Å². The fraction of sp³-hybridized carbons (Fsp3) is 0.938. The van der Waals surface area contributed by atoms with E-state index in [0.717, 1.165) is 18.8 Å². The van der Waals surface area contributed by atoms with Gasteiger partial charge in [-0.15, -0.1) is 0 Å². The summed E-state index contributed by atoms with van der Waals surface area (Å²) < 4.78 is 5.74. The summed E-state index contributed by atoms with van der Waals surface area (Å²) in [4.78, 5) is 11.6. The molecule has 0 heterocycles. The predicted molar refractivity (Wildman–Crippen MR) is 84.1 cm³/mol. The summed E-state index contributed by atoms with van der Waals surface area (Å²) in [5.74, 6) is 0.745. The molecule has 0 spiro atoms. The number of rotatable bonds is 7. The third kappa shape index (κ3) is 9.06. The average Bonchev–Trinajstić information content (AvgIpc) is 2.36. The van der Waals surface area contributed by atoms with E-state index in [9.17, 15) is 9.90 Å². The van der Waals surface area contributed by atoms with Crippen molar-refractivity contribution >= 4 is 5.91 Å². The van der Waals surface area contributed by atoms with Crippen LogP contribution in [0.5, 0.6) is 0 Å². The van der Waals surface area contributed by atoms with Gasteiger partial charge in [0.2, 0.25) is 5.91 Å². The molecule has 0 saturated heterocycles. The third-order valence-corrected chi connectivity index (χ3v) is 3.67. The quantitative estimate of drug-likeness (QED) is 0.665. The highest BCUT2D eigenvalue weighted by molar-refractivity contribution is 5.78. The molecule has 1 amide bonds. The van der Waals surface area contributed by atoms with Crippen molar-refractivity contribution in [2.24, 2.45) is 5.92 Å². The number of ether oxygens (including phenoxy) is 1. The van der Waals surface area contributed by atoms with Crippen molar-refractivity contribution in [3.8, 4) is 0 Å². The monoisotopic (exact) mass is 300 g/mol. The lowest BCUT2D eigenvalue weighted by atomic mass is 9.89. The van der Waals surface area contributed by atoms with Crippen LogP contribution in [0, 0.1) is 5.92 Å². The summed E-state index contributed by atoms with van der Waals surface area (Å²) in [6, 6.07) is 0. The van der Waals surface area contributed by atoms with Crippen LogP contribution < -0.4 is 10.6 Å². The number of aliphatic hydroxyl groups is 1. The van der Waals surface area contributed by atoms with Crippen LogP contribution in [0.15, 0.2) is 0 Å². The molecule has 5 heteroatoms. The van der Waals surface area contributed by atoms with Crippen molar-refractivity contribution in [1.29, 1.82) is 0 Å². The summed E-state index contributed by atoms with van der Waals surface area (Å²) >= 11 is 0. The second-order valence-corrected chi connectivity index (χ2v) is 7.30. The minimum Gasteiger partial charge on any atom is -0.389 e. The van der Waals surface area contributed by atoms with Crippen LogP contribution in [0.3, 0.4) is 0 Å². The zero-order chi connectivity index (χ0) is 15.9. The first-order chi connectivity index (χ1) is 9.76. The Morgan fingerprint density at radius 2 is 1.90 bits per heavy atom. The lowest BCUT2D eigenvalue weighted by Crippen LogP contribution is -2.46. The summed E-state index contributed by atoms with van der Waals surface area (Å²) in [5, 5.41) is 15.7. The SMILES string of the molecule is CC1CCC(OCC(O)CNCC(=O)NC(C)(C)C)CC1. The number of hydrogen-bond donors (Lipinski definition) is 3. The standard InChI is InChI=1S/C16H32N2O3/c1-12-5-7-14(8-6-12)21-11-13(19)9-17-10-15(20)18-16(2,3)4/h12-14,17,19H,5-11H2,1-4H3,(H,18,20). The van der Waals surface area contributed by atoms with Gasteiger partial charge in [0.1, 0.15) is 0 Å². The molecule has 1 aliphatic rings. The number of nitrogens with one attached hydrogen (secondary N) is 2. The Labute approximate surface area is 128 Å². The Bertz CT molecular complexity index is 307. The van der Waals surface area contributed by atoms with E-state index in [1.807, 2.05) is 20.8 Å². The van der Waals surface area contributed by atoms with Crippen LogP contribution in [0.2, 0.25) is 0 Å². The lowest BCUT2D eigenvalue weighted by molar-refractivity contribution is -0.121. The van der Waals surface area contributed by atoms with Crippen molar-refractivity contribution in [1.82, 2.24) is 10.6 Å². The summed E-state index contributed by atoms with van der Waals surface area (Å²) in [5.41, 5.74) is -0.224. The average molecular weight is 300 g/mol. The number of carbonyl (C=O) groups is 1. The maximum Gasteiger partial charge on any atom is 0.234 e. The molecular weight excluding hydrogens is 268 g/mol. The maximum absolute atomic E-state index is 11.6. The normalized spacial score (nSPS) is 24.6. The molecule has 0 aromatic rings. The van der Waals surface area contributed by atoms with Gasteiger partial charge in [0.15, 0.2) is 0 Å². The molecule has 3 N–H and O–H groups in total. The maximum atomic E-state index is 11.6. The predicted octanol–water partition coefficient (Wildman–Crippen LogP) is 1.45. The lowest BCUT2D eigenvalue weighted by Gasteiger charge is -2.27. The van der Waals surface area contributed by atoms with Crippen molar-refractivity contribution in [3.05, 3.63) is 0 Å². The molecular formula is C16H32N2O3. The Morgan fingerprint density at radius 3 is 2.48 bits per heavy atom. The zero-order valence-corrected chi connectivity index (χ0v) is 13.9. The Morgan fingerprint density at radius 1 is 1.29 bits per heavy atom. The number of amides is 1. The summed E-state index contributed by atoms with van der Waals surface area (Å²) in [6.45, 7) is 9.04. The van der Waals surface area contributed by atoms with E-state index in [4.69, 9.17) is 4.74 Å². The van der Waals surface area contributed by atoms with Crippen molar-refractivity contribution < 1.29 is 14.6 Å². The largest absolute Gasteiger partial charge is 0.389 e. The highest BCUT2D eigenvalue weighted by atomic mass is 16.5. The van der Waals surface area contributed by atoms with E-state index in [-0.39, 0.29) is 18.0 Å². The third-order valence-electron chi connectivity index (χ3n) is 3.67. The van der Waals surface area contributed by atoms with E-state index in [1.54, 1.807) is 0 Å². The molecule has 1 saturated carbocycles. The van der Waals surface area contributed by atoms with Crippen LogP contribution in [0.4, 0.5) is 0 Å².